The number of esters is 1. The molecule has 0 saturated heterocycles. The Morgan fingerprint density at radius 2 is 1.44 bits per heavy atom. The lowest BCUT2D eigenvalue weighted by atomic mass is 10.0. The van der Waals surface area contributed by atoms with Gasteiger partial charge in [-0.15, -0.1) is 0 Å². The molecule has 0 saturated carbocycles. The molecule has 36 heavy (non-hydrogen) atoms. The summed E-state index contributed by atoms with van der Waals surface area (Å²) in [6, 6.07) is 18.7. The lowest BCUT2D eigenvalue weighted by molar-refractivity contribution is -0.905. The Kier molecular flexibility index (Phi) is 13.6. The Bertz CT molecular complexity index is 847. The quantitative estimate of drug-likeness (QED) is 0.0909. The van der Waals surface area contributed by atoms with E-state index in [-0.39, 0.29) is 11.9 Å². The van der Waals surface area contributed by atoms with Gasteiger partial charge >= 0.3 is 5.97 Å². The predicted octanol–water partition coefficient (Wildman–Crippen LogP) is 7.94. The van der Waals surface area contributed by atoms with Crippen LogP contribution in [0.4, 0.5) is 0 Å². The average Bonchev–Trinajstić information content (AvgIpc) is 2.84. The first kappa shape index (κ1) is 29.9. The lowest BCUT2D eigenvalue weighted by Crippen LogP contribution is -2.44. The minimum atomic E-state index is -0.552. The number of hydrogen-bond acceptors (Lipinski definition) is 3. The molecule has 200 valence electrons. The molecule has 0 N–H and O–H groups in total. The summed E-state index contributed by atoms with van der Waals surface area (Å²) in [4.78, 5) is 12.9. The molecule has 0 fully saturated rings. The number of benzene rings is 2. The number of rotatable bonds is 18. The topological polar surface area (TPSA) is 35.5 Å². The molecule has 2 unspecified atom stereocenters. The number of hydrogen-bond donors (Lipinski definition) is 0. The van der Waals surface area contributed by atoms with Crippen LogP contribution in [0.1, 0.15) is 89.7 Å². The van der Waals surface area contributed by atoms with Gasteiger partial charge in [-0.1, -0.05) is 94.8 Å². The highest BCUT2D eigenvalue weighted by atomic mass is 16.7. The third kappa shape index (κ3) is 12.1. The highest BCUT2D eigenvalue weighted by Gasteiger charge is 2.28. The zero-order valence-electron chi connectivity index (χ0n) is 23.5. The zero-order chi connectivity index (χ0) is 26.2. The molecular weight excluding hydrogens is 446 g/mol. The molecule has 2 aromatic rings. The zero-order valence-corrected chi connectivity index (χ0v) is 23.5. The number of nitrogens with zero attached hydrogens (tertiary/aromatic N) is 1. The Hall–Kier alpha value is -2.33. The van der Waals surface area contributed by atoms with Crippen molar-refractivity contribution in [2.24, 2.45) is 5.92 Å². The first-order valence-corrected chi connectivity index (χ1v) is 14.1. The van der Waals surface area contributed by atoms with E-state index in [0.29, 0.717) is 13.0 Å². The second-order valence-corrected chi connectivity index (χ2v) is 11.0. The Morgan fingerprint density at radius 1 is 0.806 bits per heavy atom. The molecule has 2 rings (SSSR count). The molecule has 4 heteroatoms. The van der Waals surface area contributed by atoms with Crippen LogP contribution >= 0.6 is 0 Å². The molecule has 0 aromatic heterocycles. The van der Waals surface area contributed by atoms with Crippen molar-refractivity contribution in [1.29, 1.82) is 0 Å². The maximum absolute atomic E-state index is 12.9. The van der Waals surface area contributed by atoms with Gasteiger partial charge in [-0.2, -0.15) is 0 Å². The highest BCUT2D eigenvalue weighted by molar-refractivity contribution is 5.72. The fourth-order valence-electron chi connectivity index (χ4n) is 4.75. The van der Waals surface area contributed by atoms with Gasteiger partial charge in [-0.3, -0.25) is 4.79 Å². The van der Waals surface area contributed by atoms with E-state index in [0.717, 1.165) is 29.6 Å². The molecule has 0 aliphatic carbocycles. The van der Waals surface area contributed by atoms with Gasteiger partial charge in [-0.25, -0.2) is 0 Å². The Labute approximate surface area is 220 Å². The van der Waals surface area contributed by atoms with Crippen molar-refractivity contribution in [2.45, 2.75) is 97.8 Å². The second-order valence-electron chi connectivity index (χ2n) is 11.0. The van der Waals surface area contributed by atoms with Crippen molar-refractivity contribution >= 4 is 5.97 Å². The standard InChI is InChI=1S/C32H50NO3/c1-6-8-9-10-11-12-14-18-28-21-23-30(24-22-28)35-31(17-7-2)36-32(34)27(3)25-33(4,5)26-29-19-15-13-16-20-29/h13,15-16,19-24,27,31H,6-12,14,17-18,25-26H2,1-5H3/q+1. The Balaban J connectivity index is 1.80. The SMILES string of the molecule is CCCCCCCCCc1ccc(OC(CCC)OC(=O)C(C)C[N+](C)(C)Cc2ccccc2)cc1. The van der Waals surface area contributed by atoms with E-state index < -0.39 is 6.29 Å². The number of carbonyl (C=O) groups excluding carboxylic acids is 1. The van der Waals surface area contributed by atoms with E-state index in [9.17, 15) is 4.79 Å². The molecule has 0 spiro atoms. The summed E-state index contributed by atoms with van der Waals surface area (Å²) in [6.07, 6.45) is 11.4. The molecule has 2 aromatic carbocycles. The first-order chi connectivity index (χ1) is 17.3. The van der Waals surface area contributed by atoms with Crippen LogP contribution in [-0.4, -0.2) is 37.4 Å². The van der Waals surface area contributed by atoms with Crippen LogP contribution in [0.3, 0.4) is 0 Å². The van der Waals surface area contributed by atoms with Gasteiger partial charge in [0.25, 0.3) is 0 Å². The number of quaternary nitrogens is 1. The predicted molar refractivity (Wildman–Crippen MR) is 150 cm³/mol. The van der Waals surface area contributed by atoms with Crippen LogP contribution < -0.4 is 4.74 Å². The number of unbranched alkanes of at least 4 members (excludes halogenated alkanes) is 6. The maximum atomic E-state index is 12.9. The summed E-state index contributed by atoms with van der Waals surface area (Å²) >= 11 is 0. The van der Waals surface area contributed by atoms with E-state index >= 15 is 0 Å². The van der Waals surface area contributed by atoms with E-state index in [1.54, 1.807) is 0 Å². The monoisotopic (exact) mass is 496 g/mol. The summed E-state index contributed by atoms with van der Waals surface area (Å²) in [5.74, 6) is 0.358. The van der Waals surface area contributed by atoms with E-state index in [1.807, 2.05) is 25.1 Å². The van der Waals surface area contributed by atoms with Gasteiger partial charge in [0, 0.05) is 12.0 Å². The summed E-state index contributed by atoms with van der Waals surface area (Å²) < 4.78 is 12.6. The van der Waals surface area contributed by atoms with E-state index in [4.69, 9.17) is 9.47 Å². The summed E-state index contributed by atoms with van der Waals surface area (Å²) in [5.41, 5.74) is 2.61. The largest absolute Gasteiger partial charge is 0.455 e. The lowest BCUT2D eigenvalue weighted by Gasteiger charge is -2.32. The van der Waals surface area contributed by atoms with Gasteiger partial charge in [0.1, 0.15) is 18.2 Å². The van der Waals surface area contributed by atoms with Crippen LogP contribution in [0.5, 0.6) is 5.75 Å². The van der Waals surface area contributed by atoms with Crippen LogP contribution in [0.15, 0.2) is 54.6 Å². The van der Waals surface area contributed by atoms with Crippen molar-refractivity contribution in [3.63, 3.8) is 0 Å². The Morgan fingerprint density at radius 3 is 2.08 bits per heavy atom. The summed E-state index contributed by atoms with van der Waals surface area (Å²) in [5, 5.41) is 0. The van der Waals surface area contributed by atoms with E-state index in [1.165, 1.54) is 56.1 Å². The average molecular weight is 497 g/mol. The molecule has 4 nitrogen and oxygen atoms in total. The fourth-order valence-corrected chi connectivity index (χ4v) is 4.75. The van der Waals surface area contributed by atoms with Crippen LogP contribution in [0.2, 0.25) is 0 Å². The van der Waals surface area contributed by atoms with Gasteiger partial charge in [0.2, 0.25) is 6.29 Å². The smallest absolute Gasteiger partial charge is 0.317 e. The minimum Gasteiger partial charge on any atom is -0.455 e. The molecule has 0 aliphatic heterocycles. The number of aryl methyl sites for hydroxylation is 1. The molecule has 2 atom stereocenters. The van der Waals surface area contributed by atoms with Crippen LogP contribution in [-0.2, 0) is 22.5 Å². The number of carbonyl (C=O) groups is 1. The van der Waals surface area contributed by atoms with Crippen molar-refractivity contribution in [3.8, 4) is 5.75 Å². The molecule has 0 radical (unpaired) electrons. The van der Waals surface area contributed by atoms with Crippen LogP contribution in [0.25, 0.3) is 0 Å². The van der Waals surface area contributed by atoms with Crippen molar-refractivity contribution < 1.29 is 18.8 Å². The summed E-state index contributed by atoms with van der Waals surface area (Å²) in [6.45, 7) is 7.88. The fraction of sp³-hybridized carbons (Fsp3) is 0.594. The van der Waals surface area contributed by atoms with Crippen molar-refractivity contribution in [3.05, 3.63) is 65.7 Å². The van der Waals surface area contributed by atoms with Gasteiger partial charge in [-0.05, 0) is 43.9 Å². The second kappa shape index (κ2) is 16.4. The molecule has 0 heterocycles. The minimum absolute atomic E-state index is 0.191. The first-order valence-electron chi connectivity index (χ1n) is 14.1. The maximum Gasteiger partial charge on any atom is 0.317 e. The van der Waals surface area contributed by atoms with Gasteiger partial charge < -0.3 is 14.0 Å². The van der Waals surface area contributed by atoms with Gasteiger partial charge in [0.15, 0.2) is 0 Å². The van der Waals surface area contributed by atoms with E-state index in [2.05, 4.69) is 64.3 Å². The van der Waals surface area contributed by atoms with Gasteiger partial charge in [0.05, 0.1) is 20.6 Å². The molecule has 0 bridgehead atoms. The highest BCUT2D eigenvalue weighted by Crippen LogP contribution is 2.20. The van der Waals surface area contributed by atoms with Crippen LogP contribution in [0, 0.1) is 5.92 Å². The molecular formula is C32H50NO3+. The normalized spacial score (nSPS) is 13.2. The van der Waals surface area contributed by atoms with Crippen molar-refractivity contribution in [1.82, 2.24) is 0 Å². The third-order valence-corrected chi connectivity index (χ3v) is 6.66. The van der Waals surface area contributed by atoms with Crippen molar-refractivity contribution in [2.75, 3.05) is 20.6 Å². The third-order valence-electron chi connectivity index (χ3n) is 6.66. The molecule has 0 aliphatic rings. The number of ether oxygens (including phenoxy) is 2. The summed E-state index contributed by atoms with van der Waals surface area (Å²) in [7, 11) is 4.32. The molecule has 0 amide bonds.